The summed E-state index contributed by atoms with van der Waals surface area (Å²) in [6, 6.07) is 0. The highest BCUT2D eigenvalue weighted by Gasteiger charge is 2.02. The van der Waals surface area contributed by atoms with Gasteiger partial charge in [0, 0.05) is 6.54 Å². The van der Waals surface area contributed by atoms with Gasteiger partial charge in [0.05, 0.1) is 0 Å². The van der Waals surface area contributed by atoms with E-state index in [1.54, 1.807) is 0 Å². The van der Waals surface area contributed by atoms with Crippen LogP contribution in [0.5, 0.6) is 0 Å². The molecule has 0 unspecified atom stereocenters. The van der Waals surface area contributed by atoms with Crippen molar-refractivity contribution in [2.75, 3.05) is 19.8 Å². The van der Waals surface area contributed by atoms with Gasteiger partial charge in [-0.1, -0.05) is 51.9 Å². The van der Waals surface area contributed by atoms with E-state index in [1.165, 1.54) is 38.5 Å². The van der Waals surface area contributed by atoms with Crippen molar-refractivity contribution in [1.82, 2.24) is 5.32 Å². The molecule has 5 nitrogen and oxygen atoms in total. The Hall–Kier alpha value is -1.10. The third kappa shape index (κ3) is 14.8. The predicted molar refractivity (Wildman–Crippen MR) is 74.1 cm³/mol. The van der Waals surface area contributed by atoms with Crippen molar-refractivity contribution in [3.05, 3.63) is 0 Å². The number of carboxylic acid groups (broad SMARTS) is 1. The van der Waals surface area contributed by atoms with E-state index in [1.807, 2.05) is 0 Å². The summed E-state index contributed by atoms with van der Waals surface area (Å²) in [6.45, 7) is 2.25. The predicted octanol–water partition coefficient (Wildman–Crippen LogP) is 2.34. The summed E-state index contributed by atoms with van der Waals surface area (Å²) in [5, 5.41) is 11.0. The molecule has 0 aliphatic rings. The lowest BCUT2D eigenvalue weighted by Crippen LogP contribution is -2.29. The van der Waals surface area contributed by atoms with Crippen LogP contribution < -0.4 is 5.32 Å². The molecule has 0 aromatic heterocycles. The van der Waals surface area contributed by atoms with E-state index in [9.17, 15) is 9.59 Å². The number of carbonyl (C=O) groups excluding carboxylic acids is 1. The summed E-state index contributed by atoms with van der Waals surface area (Å²) in [6.07, 6.45) is 9.82. The van der Waals surface area contributed by atoms with E-state index >= 15 is 0 Å². The third-order valence-electron chi connectivity index (χ3n) is 2.81. The lowest BCUT2D eigenvalue weighted by atomic mass is 10.1. The molecule has 0 aliphatic heterocycles. The summed E-state index contributed by atoms with van der Waals surface area (Å²) >= 11 is 0. The Bertz CT molecular complexity index is 244. The van der Waals surface area contributed by atoms with Gasteiger partial charge >= 0.3 is 5.97 Å². The molecule has 2 N–H and O–H groups in total. The number of rotatable bonds is 13. The molecule has 0 heterocycles. The first-order valence-electron chi connectivity index (χ1n) is 7.23. The molecule has 0 saturated carbocycles. The fourth-order valence-corrected chi connectivity index (χ4v) is 1.77. The lowest BCUT2D eigenvalue weighted by Gasteiger charge is -2.05. The number of aliphatic carboxylic acids is 1. The Labute approximate surface area is 115 Å². The zero-order chi connectivity index (χ0) is 14.3. The van der Waals surface area contributed by atoms with Gasteiger partial charge in [0.15, 0.2) is 0 Å². The van der Waals surface area contributed by atoms with Crippen molar-refractivity contribution in [3.8, 4) is 0 Å². The van der Waals surface area contributed by atoms with Crippen molar-refractivity contribution in [1.29, 1.82) is 0 Å². The van der Waals surface area contributed by atoms with Gasteiger partial charge in [0.1, 0.15) is 13.2 Å². The van der Waals surface area contributed by atoms with Crippen LogP contribution in [0.2, 0.25) is 0 Å². The van der Waals surface area contributed by atoms with Gasteiger partial charge in [-0.3, -0.25) is 4.79 Å². The molecular formula is C14H27NO4. The van der Waals surface area contributed by atoms with Gasteiger partial charge in [0.25, 0.3) is 0 Å². The van der Waals surface area contributed by atoms with Crippen LogP contribution in [0.3, 0.4) is 0 Å². The maximum absolute atomic E-state index is 11.2. The highest BCUT2D eigenvalue weighted by molar-refractivity contribution is 5.77. The van der Waals surface area contributed by atoms with Crippen molar-refractivity contribution in [3.63, 3.8) is 0 Å². The first kappa shape index (κ1) is 17.9. The zero-order valence-electron chi connectivity index (χ0n) is 12.0. The van der Waals surface area contributed by atoms with Crippen molar-refractivity contribution >= 4 is 11.9 Å². The lowest BCUT2D eigenvalue weighted by molar-refractivity contribution is -0.143. The van der Waals surface area contributed by atoms with Crippen molar-refractivity contribution < 1.29 is 19.4 Å². The third-order valence-corrected chi connectivity index (χ3v) is 2.81. The number of nitrogens with one attached hydrogen (secondary N) is 1. The maximum Gasteiger partial charge on any atom is 0.329 e. The summed E-state index contributed by atoms with van der Waals surface area (Å²) in [5.41, 5.74) is 0. The van der Waals surface area contributed by atoms with E-state index in [-0.39, 0.29) is 12.5 Å². The standard InChI is InChI=1S/C14H27NO4/c1-2-3-4-5-6-7-8-9-10-15-13(16)11-19-12-14(17)18/h2-12H2,1H3,(H,15,16)(H,17,18). The highest BCUT2D eigenvalue weighted by atomic mass is 16.5. The van der Waals surface area contributed by atoms with Crippen LogP contribution >= 0.6 is 0 Å². The molecule has 0 atom stereocenters. The Morgan fingerprint density at radius 3 is 2.11 bits per heavy atom. The van der Waals surface area contributed by atoms with Gasteiger partial charge in [-0.25, -0.2) is 4.79 Å². The second kappa shape index (κ2) is 13.3. The monoisotopic (exact) mass is 273 g/mol. The average Bonchev–Trinajstić information content (AvgIpc) is 2.36. The second-order valence-electron chi connectivity index (χ2n) is 4.71. The van der Waals surface area contributed by atoms with E-state index in [4.69, 9.17) is 5.11 Å². The Morgan fingerprint density at radius 2 is 1.53 bits per heavy atom. The maximum atomic E-state index is 11.2. The molecule has 0 saturated heterocycles. The number of carboxylic acids is 1. The van der Waals surface area contributed by atoms with Gasteiger partial charge < -0.3 is 15.2 Å². The molecule has 0 aliphatic carbocycles. The van der Waals surface area contributed by atoms with Crippen LogP contribution in [0.1, 0.15) is 58.3 Å². The smallest absolute Gasteiger partial charge is 0.329 e. The number of amides is 1. The minimum absolute atomic E-state index is 0.177. The normalized spacial score (nSPS) is 10.4. The molecule has 0 aromatic rings. The number of hydrogen-bond donors (Lipinski definition) is 2. The SMILES string of the molecule is CCCCCCCCCCNC(=O)COCC(=O)O. The van der Waals surface area contributed by atoms with Crippen LogP contribution in [0, 0.1) is 0 Å². The average molecular weight is 273 g/mol. The molecule has 0 rings (SSSR count). The van der Waals surface area contributed by atoms with Gasteiger partial charge in [0.2, 0.25) is 5.91 Å². The Morgan fingerprint density at radius 1 is 0.947 bits per heavy atom. The highest BCUT2D eigenvalue weighted by Crippen LogP contribution is 2.07. The number of hydrogen-bond acceptors (Lipinski definition) is 3. The molecule has 0 spiro atoms. The van der Waals surface area contributed by atoms with Gasteiger partial charge in [-0.2, -0.15) is 0 Å². The van der Waals surface area contributed by atoms with Crippen LogP contribution in [0.15, 0.2) is 0 Å². The van der Waals surface area contributed by atoms with Crippen molar-refractivity contribution in [2.24, 2.45) is 0 Å². The van der Waals surface area contributed by atoms with Crippen LogP contribution in [-0.2, 0) is 14.3 Å². The Balaban J connectivity index is 3.16. The molecule has 0 radical (unpaired) electrons. The number of carbonyl (C=O) groups is 2. The fraction of sp³-hybridized carbons (Fsp3) is 0.857. The first-order chi connectivity index (χ1) is 9.16. The first-order valence-corrected chi connectivity index (χ1v) is 7.23. The quantitative estimate of drug-likeness (QED) is 0.505. The van der Waals surface area contributed by atoms with E-state index < -0.39 is 12.6 Å². The summed E-state index contributed by atoms with van der Waals surface area (Å²) in [4.78, 5) is 21.4. The largest absolute Gasteiger partial charge is 0.480 e. The fourth-order valence-electron chi connectivity index (χ4n) is 1.77. The summed E-state index contributed by atoms with van der Waals surface area (Å²) in [7, 11) is 0. The van der Waals surface area contributed by atoms with Crippen molar-refractivity contribution in [2.45, 2.75) is 58.3 Å². The van der Waals surface area contributed by atoms with Crippen LogP contribution in [0.25, 0.3) is 0 Å². The molecule has 0 aromatic carbocycles. The molecular weight excluding hydrogens is 246 g/mol. The van der Waals surface area contributed by atoms with E-state index in [0.29, 0.717) is 6.54 Å². The number of ether oxygens (including phenoxy) is 1. The molecule has 0 bridgehead atoms. The molecule has 0 fully saturated rings. The topological polar surface area (TPSA) is 75.6 Å². The zero-order valence-corrected chi connectivity index (χ0v) is 12.0. The molecule has 112 valence electrons. The summed E-state index contributed by atoms with van der Waals surface area (Å²) < 4.78 is 4.68. The van der Waals surface area contributed by atoms with Gasteiger partial charge in [-0.15, -0.1) is 0 Å². The van der Waals surface area contributed by atoms with E-state index in [0.717, 1.165) is 12.8 Å². The van der Waals surface area contributed by atoms with Gasteiger partial charge in [-0.05, 0) is 6.42 Å². The number of unbranched alkanes of at least 4 members (excludes halogenated alkanes) is 7. The van der Waals surface area contributed by atoms with E-state index in [2.05, 4.69) is 17.0 Å². The minimum atomic E-state index is -1.06. The van der Waals surface area contributed by atoms with Crippen LogP contribution in [-0.4, -0.2) is 36.7 Å². The molecule has 19 heavy (non-hydrogen) atoms. The summed E-state index contributed by atoms with van der Waals surface area (Å²) in [5.74, 6) is -1.31. The molecule has 1 amide bonds. The molecule has 5 heteroatoms. The minimum Gasteiger partial charge on any atom is -0.480 e. The Kier molecular flexibility index (Phi) is 12.6. The second-order valence-corrected chi connectivity index (χ2v) is 4.71. The van der Waals surface area contributed by atoms with Crippen LogP contribution in [0.4, 0.5) is 0 Å².